The average molecular weight is 290 g/mol. The maximum atomic E-state index is 13.4. The van der Waals surface area contributed by atoms with Gasteiger partial charge in [0, 0.05) is 16.5 Å². The highest BCUT2D eigenvalue weighted by Crippen LogP contribution is 2.43. The Bertz CT molecular complexity index is 660. The van der Waals surface area contributed by atoms with E-state index >= 15 is 0 Å². The fourth-order valence-corrected chi connectivity index (χ4v) is 3.97. The number of rotatable bonds is 1. The molecular formula is C16H19FN2S. The lowest BCUT2D eigenvalue weighted by molar-refractivity contribution is 0.282. The van der Waals surface area contributed by atoms with Gasteiger partial charge in [-0.3, -0.25) is 0 Å². The summed E-state index contributed by atoms with van der Waals surface area (Å²) >= 11 is 1.65. The Labute approximate surface area is 122 Å². The first kappa shape index (κ1) is 13.7. The van der Waals surface area contributed by atoms with Gasteiger partial charge < -0.3 is 5.73 Å². The van der Waals surface area contributed by atoms with E-state index < -0.39 is 0 Å². The molecule has 0 bridgehead atoms. The first-order valence-electron chi connectivity index (χ1n) is 6.87. The van der Waals surface area contributed by atoms with Crippen molar-refractivity contribution < 1.29 is 4.39 Å². The Morgan fingerprint density at radius 1 is 1.40 bits per heavy atom. The third kappa shape index (κ3) is 2.38. The van der Waals surface area contributed by atoms with Crippen molar-refractivity contribution in [3.8, 4) is 10.6 Å². The number of hydrogen-bond acceptors (Lipinski definition) is 3. The molecule has 2 N–H and O–H groups in total. The van der Waals surface area contributed by atoms with Gasteiger partial charge in [0.15, 0.2) is 0 Å². The van der Waals surface area contributed by atoms with Crippen molar-refractivity contribution in [2.24, 2.45) is 11.1 Å². The molecule has 3 rings (SSSR count). The number of halogens is 1. The minimum atomic E-state index is -0.173. The van der Waals surface area contributed by atoms with E-state index in [0.29, 0.717) is 5.56 Å². The molecule has 1 aromatic carbocycles. The van der Waals surface area contributed by atoms with E-state index in [1.807, 2.05) is 6.07 Å². The van der Waals surface area contributed by atoms with E-state index in [4.69, 9.17) is 10.7 Å². The lowest BCUT2D eigenvalue weighted by atomic mass is 9.77. The largest absolute Gasteiger partial charge is 0.323 e. The molecular weight excluding hydrogens is 271 g/mol. The highest BCUT2D eigenvalue weighted by atomic mass is 32.1. The topological polar surface area (TPSA) is 38.9 Å². The predicted octanol–water partition coefficient (Wildman–Crippen LogP) is 4.23. The van der Waals surface area contributed by atoms with Crippen LogP contribution in [0.5, 0.6) is 0 Å². The van der Waals surface area contributed by atoms with Gasteiger partial charge in [-0.1, -0.05) is 13.8 Å². The van der Waals surface area contributed by atoms with Crippen LogP contribution in [0.1, 0.15) is 42.4 Å². The molecule has 0 aliphatic heterocycles. The van der Waals surface area contributed by atoms with Gasteiger partial charge >= 0.3 is 0 Å². The van der Waals surface area contributed by atoms with E-state index in [-0.39, 0.29) is 17.3 Å². The highest BCUT2D eigenvalue weighted by Gasteiger charge is 2.33. The molecule has 0 radical (unpaired) electrons. The van der Waals surface area contributed by atoms with Gasteiger partial charge in [-0.15, -0.1) is 11.3 Å². The van der Waals surface area contributed by atoms with E-state index in [1.165, 1.54) is 10.9 Å². The lowest BCUT2D eigenvalue weighted by Crippen LogP contribution is -2.28. The van der Waals surface area contributed by atoms with Crippen molar-refractivity contribution in [3.63, 3.8) is 0 Å². The predicted molar refractivity (Wildman–Crippen MR) is 81.3 cm³/mol. The third-order valence-corrected chi connectivity index (χ3v) is 5.17. The number of thiazole rings is 1. The van der Waals surface area contributed by atoms with Crippen molar-refractivity contribution >= 4 is 11.3 Å². The number of aromatic nitrogens is 1. The Hall–Kier alpha value is -1.26. The maximum Gasteiger partial charge on any atom is 0.126 e. The summed E-state index contributed by atoms with van der Waals surface area (Å²) in [6.45, 7) is 6.24. The van der Waals surface area contributed by atoms with Crippen LogP contribution < -0.4 is 5.73 Å². The van der Waals surface area contributed by atoms with Crippen LogP contribution in [-0.2, 0) is 6.42 Å². The van der Waals surface area contributed by atoms with Crippen LogP contribution in [0.3, 0.4) is 0 Å². The fraction of sp³-hybridized carbons (Fsp3) is 0.438. The average Bonchev–Trinajstić information content (AvgIpc) is 2.75. The molecule has 1 atom stereocenters. The van der Waals surface area contributed by atoms with Crippen LogP contribution in [0, 0.1) is 18.2 Å². The zero-order valence-electron chi connectivity index (χ0n) is 12.0. The monoisotopic (exact) mass is 290 g/mol. The van der Waals surface area contributed by atoms with Gasteiger partial charge in [0.2, 0.25) is 0 Å². The van der Waals surface area contributed by atoms with Gasteiger partial charge in [-0.25, -0.2) is 9.37 Å². The molecule has 2 aromatic rings. The molecule has 1 aliphatic rings. The summed E-state index contributed by atoms with van der Waals surface area (Å²) in [5.41, 5.74) is 9.24. The van der Waals surface area contributed by atoms with Crippen LogP contribution in [0.4, 0.5) is 4.39 Å². The van der Waals surface area contributed by atoms with Crippen LogP contribution >= 0.6 is 11.3 Å². The summed E-state index contributed by atoms with van der Waals surface area (Å²) in [5, 5.41) is 0.950. The van der Waals surface area contributed by atoms with Gasteiger partial charge in [-0.2, -0.15) is 0 Å². The molecule has 2 nitrogen and oxygen atoms in total. The number of fused-ring (bicyclic) bond motifs is 1. The highest BCUT2D eigenvalue weighted by molar-refractivity contribution is 7.15. The Balaban J connectivity index is 2.03. The normalized spacial score (nSPS) is 20.8. The molecule has 1 aliphatic carbocycles. The second-order valence-corrected chi connectivity index (χ2v) is 7.48. The molecule has 1 aromatic heterocycles. The van der Waals surface area contributed by atoms with E-state index in [2.05, 4.69) is 13.8 Å². The number of nitrogens with zero attached hydrogens (tertiary/aromatic N) is 1. The maximum absolute atomic E-state index is 13.4. The fourth-order valence-electron chi connectivity index (χ4n) is 2.89. The summed E-state index contributed by atoms with van der Waals surface area (Å²) in [6, 6.07) is 5.23. The molecule has 4 heteroatoms. The molecule has 0 saturated carbocycles. The summed E-state index contributed by atoms with van der Waals surface area (Å²) in [7, 11) is 0. The number of aryl methyl sites for hydroxylation is 1. The zero-order chi connectivity index (χ0) is 14.5. The van der Waals surface area contributed by atoms with Crippen LogP contribution in [0.25, 0.3) is 10.6 Å². The van der Waals surface area contributed by atoms with Gasteiger partial charge in [0.1, 0.15) is 10.8 Å². The standard InChI is InChI=1S/C16H19FN2S/c1-9-6-10(4-5-11(9)17)15-19-13-8-16(2,3)7-12(18)14(13)20-15/h4-6,12H,7-8,18H2,1-3H3. The summed E-state index contributed by atoms with van der Waals surface area (Å²) in [5.74, 6) is -0.173. The quantitative estimate of drug-likeness (QED) is 0.853. The van der Waals surface area contributed by atoms with Crippen molar-refractivity contribution in [1.82, 2.24) is 4.98 Å². The Morgan fingerprint density at radius 3 is 2.85 bits per heavy atom. The molecule has 1 unspecified atom stereocenters. The minimum absolute atomic E-state index is 0.0709. The van der Waals surface area contributed by atoms with Crippen molar-refractivity contribution in [3.05, 3.63) is 40.2 Å². The molecule has 106 valence electrons. The summed E-state index contributed by atoms with van der Waals surface area (Å²) in [6.07, 6.45) is 1.96. The van der Waals surface area contributed by atoms with Crippen molar-refractivity contribution in [1.29, 1.82) is 0 Å². The molecule has 0 spiro atoms. The number of hydrogen-bond donors (Lipinski definition) is 1. The summed E-state index contributed by atoms with van der Waals surface area (Å²) in [4.78, 5) is 5.95. The smallest absolute Gasteiger partial charge is 0.126 e. The van der Waals surface area contributed by atoms with E-state index in [0.717, 1.165) is 29.1 Å². The van der Waals surface area contributed by atoms with Gasteiger partial charge in [0.25, 0.3) is 0 Å². The second-order valence-electron chi connectivity index (χ2n) is 6.45. The summed E-state index contributed by atoms with van der Waals surface area (Å²) < 4.78 is 13.4. The molecule has 20 heavy (non-hydrogen) atoms. The van der Waals surface area contributed by atoms with Crippen molar-refractivity contribution in [2.75, 3.05) is 0 Å². The van der Waals surface area contributed by atoms with Crippen molar-refractivity contribution in [2.45, 2.75) is 39.7 Å². The first-order valence-corrected chi connectivity index (χ1v) is 7.69. The van der Waals surface area contributed by atoms with Gasteiger partial charge in [-0.05, 0) is 48.9 Å². The van der Waals surface area contributed by atoms with Crippen LogP contribution in [-0.4, -0.2) is 4.98 Å². The van der Waals surface area contributed by atoms with E-state index in [9.17, 15) is 4.39 Å². The lowest BCUT2D eigenvalue weighted by Gasteiger charge is -2.32. The van der Waals surface area contributed by atoms with E-state index in [1.54, 1.807) is 24.3 Å². The molecule has 1 heterocycles. The van der Waals surface area contributed by atoms with Crippen LogP contribution in [0.2, 0.25) is 0 Å². The molecule has 0 saturated heterocycles. The molecule has 0 amide bonds. The first-order chi connectivity index (χ1) is 9.35. The Morgan fingerprint density at radius 2 is 2.15 bits per heavy atom. The Kier molecular flexibility index (Phi) is 3.18. The number of benzene rings is 1. The van der Waals surface area contributed by atoms with Gasteiger partial charge in [0.05, 0.1) is 5.69 Å². The second kappa shape index (κ2) is 4.64. The van der Waals surface area contributed by atoms with Crippen LogP contribution in [0.15, 0.2) is 18.2 Å². The SMILES string of the molecule is Cc1cc(-c2nc3c(s2)C(N)CC(C)(C)C3)ccc1F. The molecule has 0 fully saturated rings. The minimum Gasteiger partial charge on any atom is -0.323 e. The third-order valence-electron chi connectivity index (χ3n) is 3.89. The number of nitrogens with two attached hydrogens (primary N) is 1. The zero-order valence-corrected chi connectivity index (χ0v) is 12.9.